The Morgan fingerprint density at radius 2 is 1.97 bits per heavy atom. The van der Waals surface area contributed by atoms with E-state index in [1.54, 1.807) is 0 Å². The highest BCUT2D eigenvalue weighted by molar-refractivity contribution is 5.80. The molecule has 2 aliphatic rings. The Hall–Kier alpha value is -2.34. The summed E-state index contributed by atoms with van der Waals surface area (Å²) in [5, 5.41) is 7.80. The van der Waals surface area contributed by atoms with Crippen LogP contribution in [0.4, 0.5) is 0 Å². The maximum absolute atomic E-state index is 6.01. The van der Waals surface area contributed by atoms with Gasteiger partial charge < -0.3 is 15.0 Å². The maximum atomic E-state index is 6.01. The second-order valence-corrected chi connectivity index (χ2v) is 8.58. The number of hydrogen-bond acceptors (Lipinski definition) is 3. The molecule has 1 aliphatic carbocycles. The number of rotatable bonds is 5. The summed E-state index contributed by atoms with van der Waals surface area (Å²) in [6.45, 7) is 6.35. The highest BCUT2D eigenvalue weighted by atomic mass is 16.5. The van der Waals surface area contributed by atoms with Crippen LogP contribution in [-0.2, 0) is 11.8 Å². The Kier molecular flexibility index (Phi) is 7.05. The lowest BCUT2D eigenvalue weighted by molar-refractivity contribution is -0.00807. The number of aliphatic imine (C=N–C) groups is 1. The summed E-state index contributed by atoms with van der Waals surface area (Å²) < 4.78 is 7.84. The molecular formula is C24H35N5O. The molecule has 1 saturated carbocycles. The third-order valence-electron chi connectivity index (χ3n) is 6.41. The quantitative estimate of drug-likeness (QED) is 0.604. The van der Waals surface area contributed by atoms with Gasteiger partial charge in [-0.1, -0.05) is 30.3 Å². The summed E-state index contributed by atoms with van der Waals surface area (Å²) >= 11 is 0. The van der Waals surface area contributed by atoms with Gasteiger partial charge in [0.2, 0.25) is 0 Å². The second kappa shape index (κ2) is 10.1. The number of aryl methyl sites for hydroxylation is 1. The van der Waals surface area contributed by atoms with Crippen LogP contribution in [0.25, 0.3) is 0 Å². The summed E-state index contributed by atoms with van der Waals surface area (Å²) in [5.41, 5.74) is 2.64. The molecule has 2 fully saturated rings. The van der Waals surface area contributed by atoms with Gasteiger partial charge in [0.15, 0.2) is 5.96 Å². The van der Waals surface area contributed by atoms with Crippen LogP contribution in [0.1, 0.15) is 55.8 Å². The number of morpholine rings is 1. The number of guanidine groups is 1. The molecule has 4 rings (SSSR count). The van der Waals surface area contributed by atoms with Crippen molar-refractivity contribution in [1.29, 1.82) is 0 Å². The van der Waals surface area contributed by atoms with Gasteiger partial charge in [0.1, 0.15) is 6.10 Å². The summed E-state index contributed by atoms with van der Waals surface area (Å²) in [6, 6.07) is 11.0. The predicted molar refractivity (Wildman–Crippen MR) is 121 cm³/mol. The van der Waals surface area contributed by atoms with Crippen molar-refractivity contribution in [2.75, 3.05) is 32.8 Å². The van der Waals surface area contributed by atoms with E-state index in [2.05, 4.69) is 52.6 Å². The zero-order chi connectivity index (χ0) is 20.8. The largest absolute Gasteiger partial charge is 0.370 e. The Bertz CT molecular complexity index is 810. The topological polar surface area (TPSA) is 54.7 Å². The first-order valence-electron chi connectivity index (χ1n) is 11.4. The lowest BCUT2D eigenvalue weighted by Gasteiger charge is -2.35. The predicted octanol–water partition coefficient (Wildman–Crippen LogP) is 3.73. The number of aromatic nitrogens is 2. The van der Waals surface area contributed by atoms with Crippen LogP contribution < -0.4 is 5.32 Å². The normalized spacial score (nSPS) is 25.3. The molecule has 0 spiro atoms. The van der Waals surface area contributed by atoms with Gasteiger partial charge in [0.05, 0.1) is 19.3 Å². The van der Waals surface area contributed by atoms with E-state index in [1.165, 1.54) is 31.2 Å². The first-order chi connectivity index (χ1) is 14.7. The molecule has 1 aromatic heterocycles. The molecule has 0 radical (unpaired) electrons. The van der Waals surface area contributed by atoms with Gasteiger partial charge in [0.25, 0.3) is 0 Å². The van der Waals surface area contributed by atoms with Crippen molar-refractivity contribution in [2.45, 2.75) is 44.6 Å². The molecule has 1 aliphatic heterocycles. The van der Waals surface area contributed by atoms with E-state index in [9.17, 15) is 0 Å². The second-order valence-electron chi connectivity index (χ2n) is 8.58. The van der Waals surface area contributed by atoms with Gasteiger partial charge in [-0.2, -0.15) is 5.10 Å². The van der Waals surface area contributed by atoms with E-state index in [4.69, 9.17) is 9.73 Å². The Morgan fingerprint density at radius 1 is 1.17 bits per heavy atom. The molecule has 0 bridgehead atoms. The zero-order valence-electron chi connectivity index (χ0n) is 18.3. The van der Waals surface area contributed by atoms with E-state index in [0.29, 0.717) is 12.5 Å². The highest BCUT2D eigenvalue weighted by Crippen LogP contribution is 2.35. The molecular weight excluding hydrogens is 374 g/mol. The minimum absolute atomic E-state index is 0.0533. The minimum Gasteiger partial charge on any atom is -0.370 e. The van der Waals surface area contributed by atoms with Crippen molar-refractivity contribution < 1.29 is 4.74 Å². The molecule has 30 heavy (non-hydrogen) atoms. The average Bonchev–Trinajstić information content (AvgIpc) is 3.24. The van der Waals surface area contributed by atoms with Crippen molar-refractivity contribution in [3.8, 4) is 0 Å². The van der Waals surface area contributed by atoms with Crippen molar-refractivity contribution in [3.05, 3.63) is 53.9 Å². The summed E-state index contributed by atoms with van der Waals surface area (Å²) in [4.78, 5) is 7.39. The number of hydrogen-bond donors (Lipinski definition) is 1. The molecule has 1 aromatic carbocycles. The van der Waals surface area contributed by atoms with Gasteiger partial charge in [-0.25, -0.2) is 0 Å². The monoisotopic (exact) mass is 409 g/mol. The van der Waals surface area contributed by atoms with Gasteiger partial charge in [0, 0.05) is 38.4 Å². The minimum atomic E-state index is 0.0533. The zero-order valence-corrected chi connectivity index (χ0v) is 18.3. The number of nitrogens with zero attached hydrogens (tertiary/aromatic N) is 4. The maximum Gasteiger partial charge on any atom is 0.194 e. The summed E-state index contributed by atoms with van der Waals surface area (Å²) in [6.07, 6.45) is 9.10. The third kappa shape index (κ3) is 5.22. The Labute approximate surface area is 180 Å². The van der Waals surface area contributed by atoms with Crippen LogP contribution in [0.15, 0.2) is 47.7 Å². The van der Waals surface area contributed by atoms with Crippen LogP contribution in [0, 0.1) is 5.92 Å². The molecule has 162 valence electrons. The van der Waals surface area contributed by atoms with Crippen LogP contribution in [0.5, 0.6) is 0 Å². The SMILES string of the molecule is CCNC(=NCC1CCC(c2ccccc2)CC1)N1CCOC(c2cnn(C)c2)C1. The van der Waals surface area contributed by atoms with Crippen LogP contribution >= 0.6 is 0 Å². The lowest BCUT2D eigenvalue weighted by atomic mass is 9.79. The molecule has 6 heteroatoms. The fourth-order valence-electron chi connectivity index (χ4n) is 4.69. The van der Waals surface area contributed by atoms with E-state index in [-0.39, 0.29) is 6.10 Å². The number of ether oxygens (including phenoxy) is 1. The lowest BCUT2D eigenvalue weighted by Crippen LogP contribution is -2.48. The standard InChI is InChI=1S/C24H35N5O/c1-3-25-24(29-13-14-30-23(18-29)22-16-27-28(2)17-22)26-15-19-9-11-21(12-10-19)20-7-5-4-6-8-20/h4-8,16-17,19,21,23H,3,9-15,18H2,1-2H3,(H,25,26). The Balaban J connectivity index is 1.33. The van der Waals surface area contributed by atoms with Crippen molar-refractivity contribution in [2.24, 2.45) is 18.0 Å². The number of nitrogens with one attached hydrogen (secondary N) is 1. The first kappa shape index (κ1) is 20.9. The van der Waals surface area contributed by atoms with Crippen molar-refractivity contribution in [3.63, 3.8) is 0 Å². The molecule has 2 heterocycles. The fourth-order valence-corrected chi connectivity index (χ4v) is 4.69. The van der Waals surface area contributed by atoms with E-state index >= 15 is 0 Å². The smallest absolute Gasteiger partial charge is 0.194 e. The van der Waals surface area contributed by atoms with Gasteiger partial charge in [-0.3, -0.25) is 9.67 Å². The highest BCUT2D eigenvalue weighted by Gasteiger charge is 2.26. The van der Waals surface area contributed by atoms with Crippen LogP contribution in [0.3, 0.4) is 0 Å². The van der Waals surface area contributed by atoms with Gasteiger partial charge >= 0.3 is 0 Å². The van der Waals surface area contributed by atoms with Crippen molar-refractivity contribution >= 4 is 5.96 Å². The van der Waals surface area contributed by atoms with Gasteiger partial charge in [-0.05, 0) is 50.0 Å². The molecule has 0 amide bonds. The molecule has 6 nitrogen and oxygen atoms in total. The van der Waals surface area contributed by atoms with Crippen molar-refractivity contribution in [1.82, 2.24) is 20.0 Å². The van der Waals surface area contributed by atoms with E-state index in [1.807, 2.05) is 24.1 Å². The Morgan fingerprint density at radius 3 is 2.67 bits per heavy atom. The van der Waals surface area contributed by atoms with Crippen LogP contribution in [0.2, 0.25) is 0 Å². The number of benzene rings is 1. The van der Waals surface area contributed by atoms with E-state index in [0.717, 1.165) is 43.6 Å². The van der Waals surface area contributed by atoms with E-state index < -0.39 is 0 Å². The molecule has 2 aromatic rings. The summed E-state index contributed by atoms with van der Waals surface area (Å²) in [5.74, 6) is 2.44. The molecule has 1 unspecified atom stereocenters. The third-order valence-corrected chi connectivity index (χ3v) is 6.41. The fraction of sp³-hybridized carbons (Fsp3) is 0.583. The average molecular weight is 410 g/mol. The molecule has 1 atom stereocenters. The first-order valence-corrected chi connectivity index (χ1v) is 11.4. The molecule has 1 saturated heterocycles. The molecule has 1 N–H and O–H groups in total. The summed E-state index contributed by atoms with van der Waals surface area (Å²) in [7, 11) is 1.95. The van der Waals surface area contributed by atoms with Crippen LogP contribution in [-0.4, -0.2) is 53.4 Å². The van der Waals surface area contributed by atoms with Gasteiger partial charge in [-0.15, -0.1) is 0 Å².